The van der Waals surface area contributed by atoms with Gasteiger partial charge in [-0.2, -0.15) is 0 Å². The van der Waals surface area contributed by atoms with Crippen LogP contribution in [-0.4, -0.2) is 48.2 Å². The molecule has 19 heavy (non-hydrogen) atoms. The van der Waals surface area contributed by atoms with E-state index in [1.165, 1.54) is 12.8 Å². The van der Waals surface area contributed by atoms with E-state index in [0.29, 0.717) is 12.7 Å². The van der Waals surface area contributed by atoms with Gasteiger partial charge in [0.2, 0.25) is 0 Å². The lowest BCUT2D eigenvalue weighted by Gasteiger charge is -2.26. The van der Waals surface area contributed by atoms with Gasteiger partial charge >= 0.3 is 5.97 Å². The molecule has 0 aliphatic heterocycles. The average molecular weight is 274 g/mol. The SMILES string of the molecule is CC1CCC(OCCC(=O)OCCC(O)CO)CC1. The van der Waals surface area contributed by atoms with E-state index < -0.39 is 6.10 Å². The molecular formula is C14H26O5. The van der Waals surface area contributed by atoms with E-state index in [9.17, 15) is 4.79 Å². The normalized spacial score (nSPS) is 25.0. The zero-order valence-corrected chi connectivity index (χ0v) is 11.7. The molecule has 0 aromatic rings. The summed E-state index contributed by atoms with van der Waals surface area (Å²) >= 11 is 0. The van der Waals surface area contributed by atoms with E-state index in [1.54, 1.807) is 0 Å². The van der Waals surface area contributed by atoms with Crippen LogP contribution in [0.5, 0.6) is 0 Å². The van der Waals surface area contributed by atoms with Crippen LogP contribution in [0.1, 0.15) is 45.4 Å². The van der Waals surface area contributed by atoms with Crippen LogP contribution >= 0.6 is 0 Å². The van der Waals surface area contributed by atoms with Gasteiger partial charge in [0, 0.05) is 6.42 Å². The number of rotatable bonds is 8. The highest BCUT2D eigenvalue weighted by Gasteiger charge is 2.18. The lowest BCUT2D eigenvalue weighted by atomic mass is 9.89. The van der Waals surface area contributed by atoms with Crippen molar-refractivity contribution in [3.63, 3.8) is 0 Å². The molecule has 0 heterocycles. The first kappa shape index (κ1) is 16.4. The smallest absolute Gasteiger partial charge is 0.308 e. The third-order valence-electron chi connectivity index (χ3n) is 3.55. The third-order valence-corrected chi connectivity index (χ3v) is 3.55. The molecule has 1 saturated carbocycles. The van der Waals surface area contributed by atoms with Crippen molar-refractivity contribution in [2.75, 3.05) is 19.8 Å². The zero-order valence-electron chi connectivity index (χ0n) is 11.7. The molecule has 0 bridgehead atoms. The fourth-order valence-corrected chi connectivity index (χ4v) is 2.18. The summed E-state index contributed by atoms with van der Waals surface area (Å²) in [7, 11) is 0. The number of esters is 1. The van der Waals surface area contributed by atoms with E-state index in [1.807, 2.05) is 0 Å². The van der Waals surface area contributed by atoms with Gasteiger partial charge < -0.3 is 19.7 Å². The summed E-state index contributed by atoms with van der Waals surface area (Å²) in [6, 6.07) is 0. The molecule has 0 aromatic carbocycles. The third kappa shape index (κ3) is 7.50. The van der Waals surface area contributed by atoms with Crippen molar-refractivity contribution in [1.29, 1.82) is 0 Å². The minimum atomic E-state index is -0.812. The fourth-order valence-electron chi connectivity index (χ4n) is 2.18. The van der Waals surface area contributed by atoms with Crippen molar-refractivity contribution >= 4 is 5.97 Å². The maximum Gasteiger partial charge on any atom is 0.308 e. The molecule has 1 aliphatic carbocycles. The first-order chi connectivity index (χ1) is 9.11. The molecule has 0 spiro atoms. The number of hydrogen-bond donors (Lipinski definition) is 2. The highest BCUT2D eigenvalue weighted by Crippen LogP contribution is 2.25. The van der Waals surface area contributed by atoms with Gasteiger partial charge in [-0.25, -0.2) is 0 Å². The number of carbonyl (C=O) groups excluding carboxylic acids is 1. The highest BCUT2D eigenvalue weighted by atomic mass is 16.5. The monoisotopic (exact) mass is 274 g/mol. The second-order valence-corrected chi connectivity index (χ2v) is 5.35. The molecule has 1 fully saturated rings. The van der Waals surface area contributed by atoms with Gasteiger partial charge in [0.15, 0.2) is 0 Å². The van der Waals surface area contributed by atoms with Crippen molar-refractivity contribution in [3.05, 3.63) is 0 Å². The Morgan fingerprint density at radius 3 is 2.58 bits per heavy atom. The number of aliphatic hydroxyl groups is 2. The molecule has 5 nitrogen and oxygen atoms in total. The number of hydrogen-bond acceptors (Lipinski definition) is 5. The van der Waals surface area contributed by atoms with Crippen LogP contribution in [0.15, 0.2) is 0 Å². The number of ether oxygens (including phenoxy) is 2. The van der Waals surface area contributed by atoms with Crippen LogP contribution in [-0.2, 0) is 14.3 Å². The topological polar surface area (TPSA) is 76.0 Å². The Kier molecular flexibility index (Phi) is 8.02. The molecule has 1 unspecified atom stereocenters. The Hall–Kier alpha value is -0.650. The Morgan fingerprint density at radius 2 is 1.95 bits per heavy atom. The summed E-state index contributed by atoms with van der Waals surface area (Å²) in [6.45, 7) is 2.50. The molecule has 112 valence electrons. The molecule has 1 aliphatic rings. The minimum absolute atomic E-state index is 0.140. The van der Waals surface area contributed by atoms with Gasteiger partial charge in [0.05, 0.1) is 38.4 Å². The van der Waals surface area contributed by atoms with Crippen LogP contribution in [0.4, 0.5) is 0 Å². The Bertz CT molecular complexity index is 248. The summed E-state index contributed by atoms with van der Waals surface area (Å²) in [5.74, 6) is 0.483. The van der Waals surface area contributed by atoms with E-state index in [0.717, 1.165) is 18.8 Å². The van der Waals surface area contributed by atoms with Crippen LogP contribution in [0, 0.1) is 5.92 Å². The standard InChI is InChI=1S/C14H26O5/c1-11-2-4-13(5-3-11)18-9-7-14(17)19-8-6-12(16)10-15/h11-13,15-16H,2-10H2,1H3. The molecule has 0 saturated heterocycles. The zero-order chi connectivity index (χ0) is 14.1. The predicted octanol–water partition coefficient (Wildman–Crippen LogP) is 1.26. The summed E-state index contributed by atoms with van der Waals surface area (Å²) in [4.78, 5) is 11.4. The second-order valence-electron chi connectivity index (χ2n) is 5.35. The quantitative estimate of drug-likeness (QED) is 0.652. The van der Waals surface area contributed by atoms with Crippen molar-refractivity contribution in [2.24, 2.45) is 5.92 Å². The number of aliphatic hydroxyl groups excluding tert-OH is 2. The summed E-state index contributed by atoms with van der Waals surface area (Å²) in [6.07, 6.45) is 4.57. The maximum atomic E-state index is 11.4. The fraction of sp³-hybridized carbons (Fsp3) is 0.929. The Balaban J connectivity index is 1.98. The number of carbonyl (C=O) groups is 1. The van der Waals surface area contributed by atoms with Crippen molar-refractivity contribution < 1.29 is 24.5 Å². The largest absolute Gasteiger partial charge is 0.466 e. The molecular weight excluding hydrogens is 248 g/mol. The summed E-state index contributed by atoms with van der Waals surface area (Å²) in [5.41, 5.74) is 0. The Labute approximate surface area is 114 Å². The van der Waals surface area contributed by atoms with E-state index in [-0.39, 0.29) is 32.0 Å². The lowest BCUT2D eigenvalue weighted by molar-refractivity contribution is -0.146. The summed E-state index contributed by atoms with van der Waals surface area (Å²) in [5, 5.41) is 17.7. The van der Waals surface area contributed by atoms with E-state index in [2.05, 4.69) is 6.92 Å². The minimum Gasteiger partial charge on any atom is -0.466 e. The van der Waals surface area contributed by atoms with Gasteiger partial charge in [0.25, 0.3) is 0 Å². The molecule has 2 N–H and O–H groups in total. The van der Waals surface area contributed by atoms with Gasteiger partial charge in [0.1, 0.15) is 0 Å². The Morgan fingerprint density at radius 1 is 1.26 bits per heavy atom. The van der Waals surface area contributed by atoms with Gasteiger partial charge in [-0.3, -0.25) is 4.79 Å². The second kappa shape index (κ2) is 9.28. The first-order valence-corrected chi connectivity index (χ1v) is 7.18. The average Bonchev–Trinajstić information content (AvgIpc) is 2.41. The van der Waals surface area contributed by atoms with Crippen molar-refractivity contribution in [1.82, 2.24) is 0 Å². The van der Waals surface area contributed by atoms with Gasteiger partial charge in [-0.1, -0.05) is 6.92 Å². The van der Waals surface area contributed by atoms with Crippen molar-refractivity contribution in [3.8, 4) is 0 Å². The van der Waals surface area contributed by atoms with Crippen LogP contribution in [0.2, 0.25) is 0 Å². The molecule has 0 amide bonds. The summed E-state index contributed by atoms with van der Waals surface area (Å²) < 4.78 is 10.6. The van der Waals surface area contributed by atoms with Crippen LogP contribution < -0.4 is 0 Å². The molecule has 0 radical (unpaired) electrons. The first-order valence-electron chi connectivity index (χ1n) is 7.18. The van der Waals surface area contributed by atoms with Crippen LogP contribution in [0.25, 0.3) is 0 Å². The van der Waals surface area contributed by atoms with E-state index in [4.69, 9.17) is 19.7 Å². The molecule has 5 heteroatoms. The van der Waals surface area contributed by atoms with Crippen molar-refractivity contribution in [2.45, 2.75) is 57.7 Å². The highest BCUT2D eigenvalue weighted by molar-refractivity contribution is 5.69. The molecule has 1 atom stereocenters. The lowest BCUT2D eigenvalue weighted by Crippen LogP contribution is -2.22. The van der Waals surface area contributed by atoms with Gasteiger partial charge in [-0.05, 0) is 31.6 Å². The maximum absolute atomic E-state index is 11.4. The van der Waals surface area contributed by atoms with Gasteiger partial charge in [-0.15, -0.1) is 0 Å². The molecule has 0 aromatic heterocycles. The van der Waals surface area contributed by atoms with Crippen LogP contribution in [0.3, 0.4) is 0 Å². The molecule has 1 rings (SSSR count). The van der Waals surface area contributed by atoms with E-state index >= 15 is 0 Å². The predicted molar refractivity (Wildman–Crippen MR) is 70.7 cm³/mol.